The number of sulfonamides is 1. The number of rotatable bonds is 7. The minimum Gasteiger partial charge on any atom is -0.350 e. The van der Waals surface area contributed by atoms with Crippen LogP contribution in [0.1, 0.15) is 41.0 Å². The van der Waals surface area contributed by atoms with Gasteiger partial charge in [-0.1, -0.05) is 18.2 Å². The van der Waals surface area contributed by atoms with Crippen LogP contribution in [0.2, 0.25) is 0 Å². The number of ketones is 1. The van der Waals surface area contributed by atoms with Gasteiger partial charge in [-0.15, -0.1) is 11.3 Å². The molecule has 8 heteroatoms. The quantitative estimate of drug-likeness (QED) is 0.733. The van der Waals surface area contributed by atoms with Crippen molar-refractivity contribution >= 4 is 33.1 Å². The van der Waals surface area contributed by atoms with Crippen LogP contribution in [-0.2, 0) is 14.8 Å². The maximum Gasteiger partial charge on any atom is 0.238 e. The predicted octanol–water partition coefficient (Wildman–Crippen LogP) is 2.24. The molecule has 1 aromatic heterocycles. The van der Waals surface area contributed by atoms with Crippen molar-refractivity contribution in [2.24, 2.45) is 5.14 Å². The number of thiophene rings is 1. The van der Waals surface area contributed by atoms with E-state index >= 15 is 0 Å². The molecule has 6 nitrogen and oxygen atoms in total. The summed E-state index contributed by atoms with van der Waals surface area (Å²) in [7, 11) is -3.79. The van der Waals surface area contributed by atoms with Gasteiger partial charge in [0.05, 0.1) is 15.8 Å². The second-order valence-corrected chi connectivity index (χ2v) is 7.82. The Kier molecular flexibility index (Phi) is 5.87. The first kappa shape index (κ1) is 18.3. The molecular formula is C16H18N2O4S2. The highest BCUT2D eigenvalue weighted by atomic mass is 32.2. The molecule has 1 heterocycles. The van der Waals surface area contributed by atoms with Crippen molar-refractivity contribution in [2.45, 2.75) is 30.7 Å². The summed E-state index contributed by atoms with van der Waals surface area (Å²) in [5, 5.41) is 9.67. The molecule has 2 rings (SSSR count). The topological polar surface area (TPSA) is 106 Å². The molecule has 1 amide bonds. The maximum atomic E-state index is 12.0. The van der Waals surface area contributed by atoms with Crippen molar-refractivity contribution in [2.75, 3.05) is 0 Å². The van der Waals surface area contributed by atoms with Crippen LogP contribution in [-0.4, -0.2) is 20.1 Å². The number of Topliss-reactive ketones (excluding diaryl/α,β-unsaturated/α-hetero) is 1. The van der Waals surface area contributed by atoms with E-state index in [1.54, 1.807) is 31.2 Å². The maximum absolute atomic E-state index is 12.0. The third kappa shape index (κ3) is 4.98. The lowest BCUT2D eigenvalue weighted by Gasteiger charge is -2.15. The van der Waals surface area contributed by atoms with Crippen molar-refractivity contribution in [3.8, 4) is 0 Å². The summed E-state index contributed by atoms with van der Waals surface area (Å²) in [5.74, 6) is -0.336. The lowest BCUT2D eigenvalue weighted by molar-refractivity contribution is -0.121. The van der Waals surface area contributed by atoms with Crippen molar-refractivity contribution in [1.82, 2.24) is 5.32 Å². The summed E-state index contributed by atoms with van der Waals surface area (Å²) in [6.07, 6.45) is 0.215. The summed E-state index contributed by atoms with van der Waals surface area (Å²) in [6.45, 7) is 1.74. The number of hydrogen-bond acceptors (Lipinski definition) is 5. The number of nitrogens with two attached hydrogens (primary N) is 1. The number of amides is 1. The van der Waals surface area contributed by atoms with Crippen molar-refractivity contribution in [1.29, 1.82) is 0 Å². The molecule has 24 heavy (non-hydrogen) atoms. The van der Waals surface area contributed by atoms with E-state index in [2.05, 4.69) is 5.32 Å². The molecular weight excluding hydrogens is 348 g/mol. The molecule has 0 aliphatic rings. The van der Waals surface area contributed by atoms with Gasteiger partial charge in [0.15, 0.2) is 5.78 Å². The van der Waals surface area contributed by atoms with Gasteiger partial charge in [-0.3, -0.25) is 9.59 Å². The Morgan fingerprint density at radius 3 is 2.58 bits per heavy atom. The molecule has 0 aliphatic heterocycles. The molecule has 0 fully saturated rings. The fourth-order valence-electron chi connectivity index (χ4n) is 2.15. The standard InChI is InChI=1S/C16H18N2O4S2/c1-11(12-4-2-5-13(10-12)24(17,21)22)18-16(20)8-7-14(19)15-6-3-9-23-15/h2-6,9-11H,7-8H2,1H3,(H,18,20)(H2,17,21,22). The molecule has 0 saturated heterocycles. The number of primary sulfonamides is 1. The minimum atomic E-state index is -3.79. The Labute approximate surface area is 144 Å². The average molecular weight is 366 g/mol. The SMILES string of the molecule is CC(NC(=O)CCC(=O)c1cccs1)c1cccc(S(N)(=O)=O)c1. The first-order chi connectivity index (χ1) is 11.3. The van der Waals surface area contributed by atoms with Crippen LogP contribution in [0.25, 0.3) is 0 Å². The monoisotopic (exact) mass is 366 g/mol. The van der Waals surface area contributed by atoms with E-state index < -0.39 is 16.1 Å². The van der Waals surface area contributed by atoms with Gasteiger partial charge in [0.2, 0.25) is 15.9 Å². The van der Waals surface area contributed by atoms with Crippen LogP contribution in [0.3, 0.4) is 0 Å². The summed E-state index contributed by atoms with van der Waals surface area (Å²) in [4.78, 5) is 24.5. The number of carbonyl (C=O) groups is 2. The number of nitrogens with one attached hydrogen (secondary N) is 1. The highest BCUT2D eigenvalue weighted by molar-refractivity contribution is 7.89. The third-order valence-corrected chi connectivity index (χ3v) is 5.26. The molecule has 0 bridgehead atoms. The van der Waals surface area contributed by atoms with Gasteiger partial charge in [-0.2, -0.15) is 0 Å². The Morgan fingerprint density at radius 1 is 1.21 bits per heavy atom. The Morgan fingerprint density at radius 2 is 1.96 bits per heavy atom. The molecule has 128 valence electrons. The third-order valence-electron chi connectivity index (χ3n) is 3.44. The summed E-state index contributed by atoms with van der Waals surface area (Å²) in [5.41, 5.74) is 0.624. The first-order valence-electron chi connectivity index (χ1n) is 7.26. The van der Waals surface area contributed by atoms with Crippen LogP contribution in [0.4, 0.5) is 0 Å². The van der Waals surface area contributed by atoms with Gasteiger partial charge < -0.3 is 5.32 Å². The molecule has 1 aromatic carbocycles. The number of carbonyl (C=O) groups excluding carboxylic acids is 2. The second-order valence-electron chi connectivity index (χ2n) is 5.31. The summed E-state index contributed by atoms with van der Waals surface area (Å²) < 4.78 is 22.7. The normalized spacial score (nSPS) is 12.6. The lowest BCUT2D eigenvalue weighted by Crippen LogP contribution is -2.27. The highest BCUT2D eigenvalue weighted by Gasteiger charge is 2.15. The Hall–Kier alpha value is -2.03. The first-order valence-corrected chi connectivity index (χ1v) is 9.69. The van der Waals surface area contributed by atoms with Crippen LogP contribution in [0.15, 0.2) is 46.7 Å². The summed E-state index contributed by atoms with van der Waals surface area (Å²) in [6, 6.07) is 9.22. The molecule has 0 radical (unpaired) electrons. The number of hydrogen-bond donors (Lipinski definition) is 2. The Balaban J connectivity index is 1.93. The molecule has 0 spiro atoms. The molecule has 3 N–H and O–H groups in total. The van der Waals surface area contributed by atoms with E-state index in [-0.39, 0.29) is 29.4 Å². The highest BCUT2D eigenvalue weighted by Crippen LogP contribution is 2.17. The molecule has 0 saturated carbocycles. The van der Waals surface area contributed by atoms with Crippen LogP contribution < -0.4 is 10.5 Å². The van der Waals surface area contributed by atoms with E-state index in [1.807, 2.05) is 5.38 Å². The zero-order valence-corrected chi connectivity index (χ0v) is 14.7. The van der Waals surface area contributed by atoms with E-state index in [1.165, 1.54) is 23.5 Å². The van der Waals surface area contributed by atoms with Gasteiger partial charge >= 0.3 is 0 Å². The smallest absolute Gasteiger partial charge is 0.238 e. The van der Waals surface area contributed by atoms with E-state index in [0.29, 0.717) is 10.4 Å². The predicted molar refractivity (Wildman–Crippen MR) is 92.3 cm³/mol. The molecule has 1 unspecified atom stereocenters. The zero-order valence-electron chi connectivity index (χ0n) is 13.1. The molecule has 0 aliphatic carbocycles. The van der Waals surface area contributed by atoms with Gasteiger partial charge in [-0.25, -0.2) is 13.6 Å². The van der Waals surface area contributed by atoms with Crippen molar-refractivity contribution in [3.05, 3.63) is 52.2 Å². The second kappa shape index (κ2) is 7.69. The van der Waals surface area contributed by atoms with Gasteiger partial charge in [0, 0.05) is 12.8 Å². The zero-order chi connectivity index (χ0) is 17.7. The molecule has 1 atom stereocenters. The van der Waals surface area contributed by atoms with Crippen LogP contribution >= 0.6 is 11.3 Å². The largest absolute Gasteiger partial charge is 0.350 e. The minimum absolute atomic E-state index is 0.00558. The average Bonchev–Trinajstić information content (AvgIpc) is 3.06. The summed E-state index contributed by atoms with van der Waals surface area (Å²) >= 11 is 1.35. The Bertz CT molecular complexity index is 830. The van der Waals surface area contributed by atoms with Crippen molar-refractivity contribution < 1.29 is 18.0 Å². The van der Waals surface area contributed by atoms with Gasteiger partial charge in [-0.05, 0) is 36.1 Å². The van der Waals surface area contributed by atoms with E-state index in [4.69, 9.17) is 5.14 Å². The van der Waals surface area contributed by atoms with E-state index in [0.717, 1.165) is 0 Å². The van der Waals surface area contributed by atoms with Gasteiger partial charge in [0.1, 0.15) is 0 Å². The van der Waals surface area contributed by atoms with Crippen LogP contribution in [0.5, 0.6) is 0 Å². The van der Waals surface area contributed by atoms with Crippen LogP contribution in [0, 0.1) is 0 Å². The van der Waals surface area contributed by atoms with Gasteiger partial charge in [0.25, 0.3) is 0 Å². The number of benzene rings is 1. The van der Waals surface area contributed by atoms with Crippen molar-refractivity contribution in [3.63, 3.8) is 0 Å². The molecule has 2 aromatic rings. The van der Waals surface area contributed by atoms with E-state index in [9.17, 15) is 18.0 Å². The fraction of sp³-hybridized carbons (Fsp3) is 0.250. The fourth-order valence-corrected chi connectivity index (χ4v) is 3.41. The lowest BCUT2D eigenvalue weighted by atomic mass is 10.1.